The Bertz CT molecular complexity index is 911. The number of carbonyl (C=O) groups is 1. The van der Waals surface area contributed by atoms with Gasteiger partial charge in [-0.2, -0.15) is 0 Å². The molecule has 1 heterocycles. The molecule has 2 aromatic rings. The summed E-state index contributed by atoms with van der Waals surface area (Å²) in [5.41, 5.74) is 3.48. The molecule has 5 heteroatoms. The van der Waals surface area contributed by atoms with Gasteiger partial charge < -0.3 is 0 Å². The summed E-state index contributed by atoms with van der Waals surface area (Å²) in [5.74, 6) is 2.93. The number of nitrogens with one attached hydrogen (secondary N) is 1. The van der Waals surface area contributed by atoms with Gasteiger partial charge in [-0.3, -0.25) is 15.0 Å². The molecule has 4 saturated carbocycles. The Morgan fingerprint density at radius 3 is 2.42 bits per heavy atom. The number of hydrogen-bond acceptors (Lipinski definition) is 3. The van der Waals surface area contributed by atoms with Crippen LogP contribution < -0.4 is 11.0 Å². The van der Waals surface area contributed by atoms with E-state index in [0.717, 1.165) is 17.8 Å². The second-order valence-electron chi connectivity index (χ2n) is 8.95. The van der Waals surface area contributed by atoms with Gasteiger partial charge in [0.25, 0.3) is 5.56 Å². The van der Waals surface area contributed by atoms with Gasteiger partial charge in [0.05, 0.1) is 10.9 Å². The molecule has 0 unspecified atom stereocenters. The van der Waals surface area contributed by atoms with Crippen molar-refractivity contribution in [3.8, 4) is 0 Å². The number of hydrogen-bond donors (Lipinski definition) is 1. The van der Waals surface area contributed by atoms with E-state index in [1.54, 1.807) is 13.0 Å². The van der Waals surface area contributed by atoms with Crippen LogP contribution in [0.3, 0.4) is 0 Å². The van der Waals surface area contributed by atoms with E-state index >= 15 is 0 Å². The van der Waals surface area contributed by atoms with Crippen LogP contribution in [0, 0.1) is 30.1 Å². The largest absolute Gasteiger partial charge is 0.280 e. The molecule has 0 atom stereocenters. The summed E-state index contributed by atoms with van der Waals surface area (Å²) in [7, 11) is 0. The fourth-order valence-corrected chi connectivity index (χ4v) is 6.39. The van der Waals surface area contributed by atoms with E-state index in [9.17, 15) is 9.59 Å². The van der Waals surface area contributed by atoms with Gasteiger partial charge in [-0.25, -0.2) is 9.66 Å². The highest BCUT2D eigenvalue weighted by atomic mass is 16.2. The lowest BCUT2D eigenvalue weighted by atomic mass is 9.49. The van der Waals surface area contributed by atoms with Gasteiger partial charge in [0.2, 0.25) is 5.91 Å². The molecule has 4 fully saturated rings. The zero-order valence-corrected chi connectivity index (χ0v) is 15.2. The van der Waals surface area contributed by atoms with Gasteiger partial charge in [0.1, 0.15) is 5.82 Å². The molecule has 1 N–H and O–H groups in total. The number of carbonyl (C=O) groups excluding carboxylic acids is 1. The van der Waals surface area contributed by atoms with E-state index in [2.05, 4.69) is 10.4 Å². The molecule has 4 bridgehead atoms. The lowest BCUT2D eigenvalue weighted by Crippen LogP contribution is -2.48. The number of aromatic nitrogens is 2. The average molecular weight is 351 g/mol. The standard InChI is InChI=1S/C21H25N3O2/c1-13-22-18-5-3-2-4-17(18)20(26)24(13)23-19(25)12-21-9-14-6-15(10-21)8-16(7-14)11-21/h2-5,14-16H,6-12H2,1H3,(H,23,25). The van der Waals surface area contributed by atoms with Crippen molar-refractivity contribution < 1.29 is 4.79 Å². The van der Waals surface area contributed by atoms with Crippen LogP contribution in [0.25, 0.3) is 10.9 Å². The van der Waals surface area contributed by atoms with Crippen LogP contribution in [-0.2, 0) is 4.79 Å². The molecule has 26 heavy (non-hydrogen) atoms. The first-order valence-electron chi connectivity index (χ1n) is 9.80. The molecule has 0 spiro atoms. The van der Waals surface area contributed by atoms with Crippen LogP contribution in [0.4, 0.5) is 0 Å². The monoisotopic (exact) mass is 351 g/mol. The summed E-state index contributed by atoms with van der Waals surface area (Å²) >= 11 is 0. The minimum atomic E-state index is -0.202. The quantitative estimate of drug-likeness (QED) is 0.922. The molecular formula is C21H25N3O2. The van der Waals surface area contributed by atoms with Crippen molar-refractivity contribution in [2.45, 2.75) is 51.9 Å². The molecular weight excluding hydrogens is 326 g/mol. The van der Waals surface area contributed by atoms with Crippen LogP contribution in [0.15, 0.2) is 29.1 Å². The number of aryl methyl sites for hydroxylation is 1. The first kappa shape index (κ1) is 16.0. The van der Waals surface area contributed by atoms with Gasteiger partial charge in [0, 0.05) is 6.42 Å². The van der Waals surface area contributed by atoms with Gasteiger partial charge in [-0.15, -0.1) is 0 Å². The molecule has 6 rings (SSSR count). The molecule has 1 aromatic heterocycles. The molecule has 0 aliphatic heterocycles. The first-order chi connectivity index (χ1) is 12.5. The Balaban J connectivity index is 1.40. The summed E-state index contributed by atoms with van der Waals surface area (Å²) in [4.78, 5) is 30.1. The van der Waals surface area contributed by atoms with E-state index < -0.39 is 0 Å². The van der Waals surface area contributed by atoms with Crippen LogP contribution in [0.2, 0.25) is 0 Å². The van der Waals surface area contributed by atoms with Crippen molar-refractivity contribution in [3.63, 3.8) is 0 Å². The van der Waals surface area contributed by atoms with Gasteiger partial charge in [-0.1, -0.05) is 12.1 Å². The molecule has 5 nitrogen and oxygen atoms in total. The third-order valence-corrected chi connectivity index (χ3v) is 6.88. The molecule has 1 aromatic carbocycles. The van der Waals surface area contributed by atoms with Gasteiger partial charge in [-0.05, 0) is 80.8 Å². The predicted molar refractivity (Wildman–Crippen MR) is 100 cm³/mol. The predicted octanol–water partition coefficient (Wildman–Crippen LogP) is 3.38. The third-order valence-electron chi connectivity index (χ3n) is 6.88. The van der Waals surface area contributed by atoms with Crippen molar-refractivity contribution >= 4 is 16.8 Å². The number of fused-ring (bicyclic) bond motifs is 1. The molecule has 1 amide bonds. The highest BCUT2D eigenvalue weighted by molar-refractivity contribution is 5.85. The van der Waals surface area contributed by atoms with Crippen LogP contribution in [0.5, 0.6) is 0 Å². The highest BCUT2D eigenvalue weighted by Gasteiger charge is 2.51. The van der Waals surface area contributed by atoms with E-state index in [1.807, 2.05) is 18.2 Å². The van der Waals surface area contributed by atoms with E-state index in [1.165, 1.54) is 43.2 Å². The van der Waals surface area contributed by atoms with Crippen molar-refractivity contribution in [2.24, 2.45) is 23.2 Å². The Morgan fingerprint density at radius 2 is 1.77 bits per heavy atom. The Kier molecular flexibility index (Phi) is 3.49. The third kappa shape index (κ3) is 2.56. The van der Waals surface area contributed by atoms with Crippen LogP contribution in [-0.4, -0.2) is 15.6 Å². The Labute approximate surface area is 152 Å². The molecule has 0 saturated heterocycles. The second-order valence-corrected chi connectivity index (χ2v) is 8.95. The number of rotatable bonds is 3. The summed E-state index contributed by atoms with van der Waals surface area (Å²) < 4.78 is 1.32. The molecule has 4 aliphatic rings. The minimum Gasteiger partial charge on any atom is -0.273 e. The molecule has 0 radical (unpaired) electrons. The Hall–Kier alpha value is -2.17. The maximum absolute atomic E-state index is 12.8. The SMILES string of the molecule is Cc1nc2ccccc2c(=O)n1NC(=O)CC12CC3CC(CC(C3)C1)C2. The van der Waals surface area contributed by atoms with Gasteiger partial charge >= 0.3 is 0 Å². The lowest BCUT2D eigenvalue weighted by molar-refractivity contribution is -0.125. The number of benzene rings is 1. The molecule has 4 aliphatic carbocycles. The summed E-state index contributed by atoms with van der Waals surface area (Å²) in [6.45, 7) is 1.76. The van der Waals surface area contributed by atoms with Crippen molar-refractivity contribution in [3.05, 3.63) is 40.4 Å². The first-order valence-corrected chi connectivity index (χ1v) is 9.80. The smallest absolute Gasteiger partial charge is 0.273 e. The fraction of sp³-hybridized carbons (Fsp3) is 0.571. The normalized spacial score (nSPS) is 32.1. The van der Waals surface area contributed by atoms with Gasteiger partial charge in [0.15, 0.2) is 0 Å². The second kappa shape index (κ2) is 5.66. The lowest BCUT2D eigenvalue weighted by Gasteiger charge is -2.56. The number of amides is 1. The fourth-order valence-electron chi connectivity index (χ4n) is 6.39. The summed E-state index contributed by atoms with van der Waals surface area (Å²) in [6, 6.07) is 7.27. The average Bonchev–Trinajstić information content (AvgIpc) is 2.57. The van der Waals surface area contributed by atoms with E-state index in [0.29, 0.717) is 23.1 Å². The topological polar surface area (TPSA) is 64.0 Å². The Morgan fingerprint density at radius 1 is 1.15 bits per heavy atom. The van der Waals surface area contributed by atoms with Crippen LogP contribution >= 0.6 is 0 Å². The minimum absolute atomic E-state index is 0.0470. The summed E-state index contributed by atoms with van der Waals surface area (Å²) in [6.07, 6.45) is 8.22. The van der Waals surface area contributed by atoms with E-state index in [-0.39, 0.29) is 16.9 Å². The van der Waals surface area contributed by atoms with E-state index in [4.69, 9.17) is 0 Å². The maximum atomic E-state index is 12.8. The number of nitrogens with zero attached hydrogens (tertiary/aromatic N) is 2. The summed E-state index contributed by atoms with van der Waals surface area (Å²) in [5, 5.41) is 0.535. The van der Waals surface area contributed by atoms with Crippen LogP contribution in [0.1, 0.15) is 50.8 Å². The zero-order chi connectivity index (χ0) is 17.9. The molecule has 136 valence electrons. The van der Waals surface area contributed by atoms with Crippen molar-refractivity contribution in [1.82, 2.24) is 9.66 Å². The number of para-hydroxylation sites is 1. The highest BCUT2D eigenvalue weighted by Crippen LogP contribution is 2.61. The van der Waals surface area contributed by atoms with Crippen molar-refractivity contribution in [1.29, 1.82) is 0 Å². The maximum Gasteiger partial charge on any atom is 0.280 e. The van der Waals surface area contributed by atoms with Crippen molar-refractivity contribution in [2.75, 3.05) is 5.43 Å². The zero-order valence-electron chi connectivity index (χ0n) is 15.2.